The number of fused-ring (bicyclic) bond motifs is 1. The molecule has 0 bridgehead atoms. The summed E-state index contributed by atoms with van der Waals surface area (Å²) in [5.41, 5.74) is 3.07. The highest BCUT2D eigenvalue weighted by Gasteiger charge is 2.20. The third kappa shape index (κ3) is 6.70. The van der Waals surface area contributed by atoms with Crippen LogP contribution in [-0.2, 0) is 11.2 Å². The molecule has 0 saturated heterocycles. The zero-order valence-electron chi connectivity index (χ0n) is 17.8. The Morgan fingerprint density at radius 2 is 1.84 bits per heavy atom. The van der Waals surface area contributed by atoms with Crippen LogP contribution in [0.2, 0.25) is 0 Å². The second kappa shape index (κ2) is 9.80. The molecule has 0 unspecified atom stereocenters. The van der Waals surface area contributed by atoms with Gasteiger partial charge in [0.15, 0.2) is 0 Å². The predicted octanol–water partition coefficient (Wildman–Crippen LogP) is 4.57. The van der Waals surface area contributed by atoms with E-state index in [-0.39, 0.29) is 6.04 Å². The van der Waals surface area contributed by atoms with Crippen molar-refractivity contribution < 1.29 is 19.5 Å². The third-order valence-electron chi connectivity index (χ3n) is 4.44. The molecule has 2 amide bonds. The topological polar surface area (TPSA) is 99.7 Å². The molecule has 7 nitrogen and oxygen atoms in total. The average molecular weight is 442 g/mol. The van der Waals surface area contributed by atoms with Crippen molar-refractivity contribution in [3.63, 3.8) is 0 Å². The Morgan fingerprint density at radius 3 is 2.52 bits per heavy atom. The zero-order chi connectivity index (χ0) is 22.4. The van der Waals surface area contributed by atoms with E-state index in [0.717, 1.165) is 21.3 Å². The minimum Gasteiger partial charge on any atom is -0.444 e. The molecule has 2 aromatic carbocycles. The van der Waals surface area contributed by atoms with Crippen molar-refractivity contribution in [2.45, 2.75) is 38.8 Å². The average Bonchev–Trinajstić information content (AvgIpc) is 3.14. The van der Waals surface area contributed by atoms with E-state index < -0.39 is 17.6 Å². The van der Waals surface area contributed by atoms with Gasteiger partial charge in [-0.2, -0.15) is 0 Å². The number of carbonyl (C=O) groups excluding carboxylic acids is 2. The van der Waals surface area contributed by atoms with Crippen molar-refractivity contribution in [1.29, 1.82) is 0 Å². The molecule has 0 radical (unpaired) electrons. The van der Waals surface area contributed by atoms with E-state index in [1.807, 2.05) is 69.3 Å². The van der Waals surface area contributed by atoms with Gasteiger partial charge in [0.1, 0.15) is 5.60 Å². The number of alkyl carbamates (subject to hydrolysis) is 1. The number of hydrogen-bond acceptors (Lipinski definition) is 6. The molecule has 1 atom stereocenters. The maximum Gasteiger partial charge on any atom is 0.407 e. The Labute approximate surface area is 185 Å². The predicted molar refractivity (Wildman–Crippen MR) is 123 cm³/mol. The first kappa shape index (κ1) is 22.6. The summed E-state index contributed by atoms with van der Waals surface area (Å²) >= 11 is 1.30. The number of rotatable bonds is 7. The van der Waals surface area contributed by atoms with Crippen molar-refractivity contribution in [2.24, 2.45) is 0 Å². The molecule has 31 heavy (non-hydrogen) atoms. The van der Waals surface area contributed by atoms with E-state index in [1.54, 1.807) is 11.5 Å². The van der Waals surface area contributed by atoms with Crippen LogP contribution in [0.25, 0.3) is 10.1 Å². The number of thiophene rings is 1. The summed E-state index contributed by atoms with van der Waals surface area (Å²) in [5, 5.41) is 16.1. The standard InChI is InChI=1S/C23H27N3O4S/c1-23(2,3)30-22(28)25-18(11-15-7-5-4-6-8-15)14-24-17-10-9-16-12-20(21(27)26-29)31-19(16)13-17/h4-10,12-13,18,24,29H,11,14H2,1-3H3,(H,25,28)(H,26,27)/t18-/m0/s1. The number of hydrogen-bond donors (Lipinski definition) is 4. The lowest BCUT2D eigenvalue weighted by molar-refractivity contribution is 0.0506. The fourth-order valence-corrected chi connectivity index (χ4v) is 4.09. The van der Waals surface area contributed by atoms with E-state index in [2.05, 4.69) is 10.6 Å². The third-order valence-corrected chi connectivity index (χ3v) is 5.54. The number of carbonyl (C=O) groups is 2. The number of benzene rings is 2. The molecule has 4 N–H and O–H groups in total. The van der Waals surface area contributed by atoms with Crippen molar-refractivity contribution >= 4 is 39.1 Å². The van der Waals surface area contributed by atoms with Crippen molar-refractivity contribution in [3.8, 4) is 0 Å². The monoisotopic (exact) mass is 441 g/mol. The molecule has 164 valence electrons. The summed E-state index contributed by atoms with van der Waals surface area (Å²) in [5.74, 6) is -0.528. The van der Waals surface area contributed by atoms with E-state index in [4.69, 9.17) is 9.94 Å². The number of anilines is 1. The first-order valence-electron chi connectivity index (χ1n) is 9.99. The first-order chi connectivity index (χ1) is 14.7. The Bertz CT molecular complexity index is 1040. The van der Waals surface area contributed by atoms with E-state index in [1.165, 1.54) is 11.3 Å². The molecular weight excluding hydrogens is 414 g/mol. The molecule has 1 heterocycles. The van der Waals surface area contributed by atoms with Crippen LogP contribution in [0.1, 0.15) is 36.0 Å². The quantitative estimate of drug-likeness (QED) is 0.318. The van der Waals surface area contributed by atoms with Crippen LogP contribution < -0.4 is 16.1 Å². The summed E-state index contributed by atoms with van der Waals surface area (Å²) in [7, 11) is 0. The smallest absolute Gasteiger partial charge is 0.407 e. The summed E-state index contributed by atoms with van der Waals surface area (Å²) in [6, 6.07) is 17.3. The normalized spacial score (nSPS) is 12.3. The highest BCUT2D eigenvalue weighted by molar-refractivity contribution is 7.20. The van der Waals surface area contributed by atoms with Crippen LogP contribution in [0.15, 0.2) is 54.6 Å². The fourth-order valence-electron chi connectivity index (χ4n) is 3.10. The van der Waals surface area contributed by atoms with Crippen LogP contribution in [0, 0.1) is 0 Å². The van der Waals surface area contributed by atoms with Crippen LogP contribution >= 0.6 is 11.3 Å². The molecule has 0 fully saturated rings. The van der Waals surface area contributed by atoms with Gasteiger partial charge in [-0.1, -0.05) is 36.4 Å². The largest absolute Gasteiger partial charge is 0.444 e. The first-order valence-corrected chi connectivity index (χ1v) is 10.8. The van der Waals surface area contributed by atoms with Crippen LogP contribution in [-0.4, -0.2) is 35.4 Å². The lowest BCUT2D eigenvalue weighted by Crippen LogP contribution is -2.43. The van der Waals surface area contributed by atoms with E-state index in [0.29, 0.717) is 17.8 Å². The van der Waals surface area contributed by atoms with Crippen molar-refractivity contribution in [2.75, 3.05) is 11.9 Å². The van der Waals surface area contributed by atoms with Gasteiger partial charge in [-0.15, -0.1) is 11.3 Å². The molecule has 0 aliphatic heterocycles. The number of amides is 2. The van der Waals surface area contributed by atoms with Gasteiger partial charge < -0.3 is 15.4 Å². The minimum absolute atomic E-state index is 0.188. The highest BCUT2D eigenvalue weighted by atomic mass is 32.1. The number of hydroxylamine groups is 1. The molecule has 3 rings (SSSR count). The maximum atomic E-state index is 12.3. The summed E-state index contributed by atoms with van der Waals surface area (Å²) < 4.78 is 6.34. The van der Waals surface area contributed by atoms with Gasteiger partial charge in [-0.3, -0.25) is 10.0 Å². The summed E-state index contributed by atoms with van der Waals surface area (Å²) in [4.78, 5) is 24.4. The molecular formula is C23H27N3O4S. The van der Waals surface area contributed by atoms with Gasteiger partial charge in [0.25, 0.3) is 5.91 Å². The lowest BCUT2D eigenvalue weighted by Gasteiger charge is -2.24. The second-order valence-electron chi connectivity index (χ2n) is 8.22. The molecule has 1 aromatic heterocycles. The Balaban J connectivity index is 1.71. The number of nitrogens with one attached hydrogen (secondary N) is 3. The Hall–Kier alpha value is -3.10. The van der Waals surface area contributed by atoms with Crippen LogP contribution in [0.5, 0.6) is 0 Å². The van der Waals surface area contributed by atoms with Gasteiger partial charge in [0.05, 0.1) is 10.9 Å². The van der Waals surface area contributed by atoms with E-state index in [9.17, 15) is 9.59 Å². The minimum atomic E-state index is -0.572. The maximum absolute atomic E-state index is 12.3. The second-order valence-corrected chi connectivity index (χ2v) is 9.30. The highest BCUT2D eigenvalue weighted by Crippen LogP contribution is 2.28. The SMILES string of the molecule is CC(C)(C)OC(=O)N[C@H](CNc1ccc2cc(C(=O)NO)sc2c1)Cc1ccccc1. The lowest BCUT2D eigenvalue weighted by atomic mass is 10.1. The van der Waals surface area contributed by atoms with Gasteiger partial charge in [0.2, 0.25) is 0 Å². The molecule has 3 aromatic rings. The zero-order valence-corrected chi connectivity index (χ0v) is 18.6. The molecule has 8 heteroatoms. The van der Waals surface area contributed by atoms with Gasteiger partial charge in [-0.25, -0.2) is 10.3 Å². The van der Waals surface area contributed by atoms with Crippen LogP contribution in [0.3, 0.4) is 0 Å². The van der Waals surface area contributed by atoms with Crippen molar-refractivity contribution in [3.05, 3.63) is 65.0 Å². The Morgan fingerprint density at radius 1 is 1.10 bits per heavy atom. The van der Waals surface area contributed by atoms with Gasteiger partial charge in [-0.05, 0) is 56.3 Å². The van der Waals surface area contributed by atoms with E-state index >= 15 is 0 Å². The molecule has 0 aliphatic carbocycles. The summed E-state index contributed by atoms with van der Waals surface area (Å²) in [6.45, 7) is 5.99. The summed E-state index contributed by atoms with van der Waals surface area (Å²) in [6.07, 6.45) is 0.193. The molecule has 0 spiro atoms. The van der Waals surface area contributed by atoms with Gasteiger partial charge in [0, 0.05) is 16.9 Å². The van der Waals surface area contributed by atoms with Gasteiger partial charge >= 0.3 is 6.09 Å². The molecule has 0 saturated carbocycles. The number of ether oxygens (including phenoxy) is 1. The fraction of sp³-hybridized carbons (Fsp3) is 0.304. The Kier molecular flexibility index (Phi) is 7.14. The van der Waals surface area contributed by atoms with Crippen molar-refractivity contribution in [1.82, 2.24) is 10.8 Å². The van der Waals surface area contributed by atoms with Crippen LogP contribution in [0.4, 0.5) is 10.5 Å². The molecule has 0 aliphatic rings.